The van der Waals surface area contributed by atoms with Crippen molar-refractivity contribution in [1.82, 2.24) is 0 Å². The molecule has 88 valence electrons. The van der Waals surface area contributed by atoms with E-state index in [0.717, 1.165) is 17.6 Å². The lowest BCUT2D eigenvalue weighted by Gasteiger charge is -2.00. The highest BCUT2D eigenvalue weighted by atomic mass is 16.5. The molecule has 2 rings (SSSR count). The van der Waals surface area contributed by atoms with Gasteiger partial charge in [0.1, 0.15) is 12.0 Å². The van der Waals surface area contributed by atoms with Crippen molar-refractivity contribution in [1.29, 1.82) is 0 Å². The number of benzene rings is 2. The lowest BCUT2D eigenvalue weighted by molar-refractivity contribution is 0.112. The first-order chi connectivity index (χ1) is 8.27. The Kier molecular flexibility index (Phi) is 5.31. The molecule has 17 heavy (non-hydrogen) atoms. The maximum atomic E-state index is 10.0. The minimum Gasteiger partial charge on any atom is -0.495 e. The number of nitrogens with two attached hydrogens (primary N) is 1. The van der Waals surface area contributed by atoms with E-state index in [9.17, 15) is 4.79 Å². The summed E-state index contributed by atoms with van der Waals surface area (Å²) in [5.41, 5.74) is 6.92. The number of carbonyl (C=O) groups is 1. The minimum absolute atomic E-state index is 0.681. The summed E-state index contributed by atoms with van der Waals surface area (Å²) in [4.78, 5) is 10.0. The van der Waals surface area contributed by atoms with Crippen molar-refractivity contribution in [3.8, 4) is 5.75 Å². The van der Waals surface area contributed by atoms with Crippen LogP contribution in [0, 0.1) is 0 Å². The Balaban J connectivity index is 0.000000171. The number of methoxy groups -OCH3 is 1. The van der Waals surface area contributed by atoms with Gasteiger partial charge in [-0.1, -0.05) is 42.5 Å². The number of aldehydes is 1. The molecular formula is C14H15NO2. The van der Waals surface area contributed by atoms with Crippen LogP contribution in [0.15, 0.2) is 54.6 Å². The van der Waals surface area contributed by atoms with Gasteiger partial charge in [-0.15, -0.1) is 0 Å². The van der Waals surface area contributed by atoms with E-state index in [1.165, 1.54) is 0 Å². The first-order valence-corrected chi connectivity index (χ1v) is 5.16. The summed E-state index contributed by atoms with van der Waals surface area (Å²) in [6.45, 7) is 0. The summed E-state index contributed by atoms with van der Waals surface area (Å²) >= 11 is 0. The van der Waals surface area contributed by atoms with Crippen LogP contribution >= 0.6 is 0 Å². The van der Waals surface area contributed by atoms with Crippen LogP contribution in [-0.2, 0) is 0 Å². The fourth-order valence-corrected chi connectivity index (χ4v) is 1.20. The number of hydrogen-bond acceptors (Lipinski definition) is 3. The van der Waals surface area contributed by atoms with Crippen molar-refractivity contribution >= 4 is 12.0 Å². The quantitative estimate of drug-likeness (QED) is 0.636. The third-order valence-corrected chi connectivity index (χ3v) is 2.07. The SMILES string of the molecule is COc1ccccc1N.O=Cc1ccccc1. The Morgan fingerprint density at radius 3 is 2.00 bits per heavy atom. The fourth-order valence-electron chi connectivity index (χ4n) is 1.20. The number of hydrogen-bond donors (Lipinski definition) is 1. The van der Waals surface area contributed by atoms with Crippen molar-refractivity contribution < 1.29 is 9.53 Å². The third kappa shape index (κ3) is 4.38. The lowest BCUT2D eigenvalue weighted by atomic mass is 10.2. The average molecular weight is 229 g/mol. The summed E-state index contributed by atoms with van der Waals surface area (Å²) in [6, 6.07) is 16.5. The van der Waals surface area contributed by atoms with Gasteiger partial charge >= 0.3 is 0 Å². The normalized spacial score (nSPS) is 8.76. The monoisotopic (exact) mass is 229 g/mol. The summed E-state index contributed by atoms with van der Waals surface area (Å²) in [5, 5.41) is 0. The summed E-state index contributed by atoms with van der Waals surface area (Å²) in [6.07, 6.45) is 0.833. The van der Waals surface area contributed by atoms with Crippen LogP contribution < -0.4 is 10.5 Å². The highest BCUT2D eigenvalue weighted by Crippen LogP contribution is 2.18. The zero-order valence-electron chi connectivity index (χ0n) is 9.67. The van der Waals surface area contributed by atoms with Gasteiger partial charge in [-0.25, -0.2) is 0 Å². The van der Waals surface area contributed by atoms with Gasteiger partial charge in [0.05, 0.1) is 12.8 Å². The minimum atomic E-state index is 0.681. The van der Waals surface area contributed by atoms with Gasteiger partial charge in [0.15, 0.2) is 0 Å². The molecule has 0 radical (unpaired) electrons. The molecule has 0 aliphatic carbocycles. The molecule has 2 aromatic carbocycles. The fraction of sp³-hybridized carbons (Fsp3) is 0.0714. The van der Waals surface area contributed by atoms with E-state index in [1.807, 2.05) is 36.4 Å². The molecule has 0 fully saturated rings. The van der Waals surface area contributed by atoms with Crippen LogP contribution in [0.25, 0.3) is 0 Å². The topological polar surface area (TPSA) is 52.3 Å². The molecule has 0 spiro atoms. The van der Waals surface area contributed by atoms with Crippen LogP contribution in [0.3, 0.4) is 0 Å². The van der Waals surface area contributed by atoms with E-state index < -0.39 is 0 Å². The highest BCUT2D eigenvalue weighted by Gasteiger charge is 1.91. The second-order valence-corrected chi connectivity index (χ2v) is 3.27. The van der Waals surface area contributed by atoms with E-state index in [1.54, 1.807) is 25.3 Å². The second-order valence-electron chi connectivity index (χ2n) is 3.27. The molecule has 0 atom stereocenters. The molecule has 0 aliphatic rings. The maximum absolute atomic E-state index is 10.0. The molecule has 0 heterocycles. The van der Waals surface area contributed by atoms with Gasteiger partial charge in [-0.2, -0.15) is 0 Å². The Hall–Kier alpha value is -2.29. The molecule has 2 aromatic rings. The van der Waals surface area contributed by atoms with Gasteiger partial charge in [0, 0.05) is 5.56 Å². The number of anilines is 1. The van der Waals surface area contributed by atoms with Crippen LogP contribution in [0.2, 0.25) is 0 Å². The zero-order valence-corrected chi connectivity index (χ0v) is 9.67. The van der Waals surface area contributed by atoms with E-state index in [0.29, 0.717) is 5.69 Å². The van der Waals surface area contributed by atoms with Crippen LogP contribution in [0.5, 0.6) is 5.75 Å². The van der Waals surface area contributed by atoms with Crippen molar-refractivity contribution in [3.05, 3.63) is 60.2 Å². The summed E-state index contributed by atoms with van der Waals surface area (Å²) < 4.78 is 4.92. The van der Waals surface area contributed by atoms with E-state index in [4.69, 9.17) is 10.5 Å². The molecule has 2 N–H and O–H groups in total. The molecule has 0 bridgehead atoms. The van der Waals surface area contributed by atoms with Crippen molar-refractivity contribution in [2.24, 2.45) is 0 Å². The molecule has 0 aromatic heterocycles. The van der Waals surface area contributed by atoms with E-state index >= 15 is 0 Å². The number of rotatable bonds is 2. The average Bonchev–Trinajstić information content (AvgIpc) is 2.41. The predicted octanol–water partition coefficient (Wildman–Crippen LogP) is 2.78. The smallest absolute Gasteiger partial charge is 0.150 e. The summed E-state index contributed by atoms with van der Waals surface area (Å²) in [5.74, 6) is 0.734. The first-order valence-electron chi connectivity index (χ1n) is 5.16. The Morgan fingerprint density at radius 2 is 1.59 bits per heavy atom. The lowest BCUT2D eigenvalue weighted by Crippen LogP contribution is -1.89. The number of carbonyl (C=O) groups excluding carboxylic acids is 1. The van der Waals surface area contributed by atoms with Crippen molar-refractivity contribution in [2.45, 2.75) is 0 Å². The predicted molar refractivity (Wildman–Crippen MR) is 69.2 cm³/mol. The van der Waals surface area contributed by atoms with Crippen molar-refractivity contribution in [3.63, 3.8) is 0 Å². The molecule has 0 amide bonds. The van der Waals surface area contributed by atoms with E-state index in [-0.39, 0.29) is 0 Å². The molecule has 0 unspecified atom stereocenters. The van der Waals surface area contributed by atoms with Crippen LogP contribution in [-0.4, -0.2) is 13.4 Å². The van der Waals surface area contributed by atoms with Gasteiger partial charge < -0.3 is 10.5 Å². The number of nitrogen functional groups attached to an aromatic ring is 1. The molecule has 0 saturated carbocycles. The Labute approximate surface area is 101 Å². The number of ether oxygens (including phenoxy) is 1. The second kappa shape index (κ2) is 7.06. The molecule has 0 saturated heterocycles. The van der Waals surface area contributed by atoms with Crippen LogP contribution in [0.1, 0.15) is 10.4 Å². The van der Waals surface area contributed by atoms with Gasteiger partial charge in [0.25, 0.3) is 0 Å². The van der Waals surface area contributed by atoms with Gasteiger partial charge in [-0.05, 0) is 12.1 Å². The molecule has 3 nitrogen and oxygen atoms in total. The maximum Gasteiger partial charge on any atom is 0.150 e. The largest absolute Gasteiger partial charge is 0.495 e. The van der Waals surface area contributed by atoms with E-state index in [2.05, 4.69) is 0 Å². The van der Waals surface area contributed by atoms with Crippen LogP contribution in [0.4, 0.5) is 5.69 Å². The molecule has 3 heteroatoms. The highest BCUT2D eigenvalue weighted by molar-refractivity contribution is 5.74. The van der Waals surface area contributed by atoms with Gasteiger partial charge in [0.2, 0.25) is 0 Å². The zero-order chi connectivity index (χ0) is 12.5. The van der Waals surface area contributed by atoms with Crippen molar-refractivity contribution in [2.75, 3.05) is 12.8 Å². The Bertz CT molecular complexity index is 455. The third-order valence-electron chi connectivity index (χ3n) is 2.07. The first kappa shape index (κ1) is 12.8. The van der Waals surface area contributed by atoms with Gasteiger partial charge in [-0.3, -0.25) is 4.79 Å². The Morgan fingerprint density at radius 1 is 1.00 bits per heavy atom. The summed E-state index contributed by atoms with van der Waals surface area (Å²) in [7, 11) is 1.60. The standard InChI is InChI=1S/C7H9NO.C7H6O/c1-9-7-5-3-2-4-6(7)8;8-6-7-4-2-1-3-5-7/h2-5H,8H2,1H3;1-6H. The molecular weight excluding hydrogens is 214 g/mol. The molecule has 0 aliphatic heterocycles. The number of para-hydroxylation sites is 2.